The Morgan fingerprint density at radius 1 is 0.887 bits per heavy atom. The van der Waals surface area contributed by atoms with Gasteiger partial charge >= 0.3 is 24.0 Å². The molecule has 13 unspecified atom stereocenters. The SMILES string of the molecule is CC(=O)OC12COC1CC(O)C1(C)C(=O)C(OC(=O)NC/C=C/C(O)C(C)CO)C3=C(C)C(OC(=O)C(O)C(NC(=O)c4ccccc4)c4ccccc4)CC(O)(C(OC(=O)c4ccccc4)C21)C3(C)C. The topological polar surface area (TPSA) is 274 Å². The number of aliphatic hydroxyl groups excluding tert-OH is 4. The van der Waals surface area contributed by atoms with E-state index in [-0.39, 0.29) is 48.5 Å². The van der Waals surface area contributed by atoms with Crippen molar-refractivity contribution in [2.24, 2.45) is 22.7 Å². The molecule has 4 aliphatic rings. The number of alkyl carbamates (subject to hydrolysis) is 1. The number of carbonyl (C=O) groups is 6. The van der Waals surface area contributed by atoms with E-state index < -0.39 is 125 Å². The predicted octanol–water partition coefficient (Wildman–Crippen LogP) is 3.44. The molecule has 18 nitrogen and oxygen atoms in total. The second-order valence-electron chi connectivity index (χ2n) is 19.6. The fraction of sp³-hybridized carbons (Fsp3) is 0.472. The van der Waals surface area contributed by atoms with Crippen LogP contribution in [0.5, 0.6) is 0 Å². The van der Waals surface area contributed by atoms with Crippen LogP contribution in [0, 0.1) is 22.7 Å². The molecular weight excluding hydrogens is 921 g/mol. The number of Topliss-reactive ketones (excluding diaryl/α,β-unsaturated/α-hetero) is 1. The molecule has 1 aliphatic heterocycles. The normalized spacial score (nSPS) is 30.3. The molecule has 2 bridgehead atoms. The van der Waals surface area contributed by atoms with Crippen LogP contribution >= 0.6 is 0 Å². The number of ether oxygens (including phenoxy) is 5. The lowest BCUT2D eigenvalue weighted by Gasteiger charge is -2.67. The van der Waals surface area contributed by atoms with Crippen LogP contribution in [0.1, 0.15) is 86.7 Å². The third kappa shape index (κ3) is 9.76. The number of hydrogen-bond donors (Lipinski definition) is 7. The maximum Gasteiger partial charge on any atom is 0.408 e. The molecule has 1 heterocycles. The summed E-state index contributed by atoms with van der Waals surface area (Å²) in [6.45, 7) is 7.74. The van der Waals surface area contributed by atoms with Gasteiger partial charge < -0.3 is 59.9 Å². The van der Waals surface area contributed by atoms with Crippen LogP contribution in [0.2, 0.25) is 0 Å². The molecular formula is C53H62N2O16. The Morgan fingerprint density at radius 2 is 1.49 bits per heavy atom. The van der Waals surface area contributed by atoms with Gasteiger partial charge in [0, 0.05) is 49.8 Å². The Morgan fingerprint density at radius 3 is 2.07 bits per heavy atom. The van der Waals surface area contributed by atoms with Gasteiger partial charge in [0.05, 0.1) is 41.8 Å². The van der Waals surface area contributed by atoms with Gasteiger partial charge in [0.2, 0.25) is 0 Å². The van der Waals surface area contributed by atoms with Crippen LogP contribution in [0.4, 0.5) is 4.79 Å². The summed E-state index contributed by atoms with van der Waals surface area (Å²) in [5.41, 5.74) is -7.69. The number of ketones is 1. The molecule has 13 atom stereocenters. The van der Waals surface area contributed by atoms with Gasteiger partial charge in [0.15, 0.2) is 23.6 Å². The van der Waals surface area contributed by atoms with Gasteiger partial charge in [-0.3, -0.25) is 14.4 Å². The average molecular weight is 983 g/mol. The molecule has 7 rings (SSSR count). The van der Waals surface area contributed by atoms with E-state index in [0.717, 1.165) is 6.92 Å². The predicted molar refractivity (Wildman–Crippen MR) is 252 cm³/mol. The average Bonchev–Trinajstić information content (AvgIpc) is 3.35. The minimum absolute atomic E-state index is 0.0342. The third-order valence-electron chi connectivity index (χ3n) is 15.0. The standard InChI is InChI=1S/C53H62N2O16/c1-29(27-56)35(58)23-16-24-54-49(65)69-42-39-30(2)36(68-48(64)41(60)40(32-17-10-7-11-18-32)55-46(62)33-19-12-8-13-20-33)26-53(66,50(39,4)5)45(70-47(63)34-21-14-9-15-22-34)43-51(6,44(42)61)37(59)25-38-52(43,28-67-38)71-31(3)57/h7-23,29,35-38,40-43,45,56,58-60,66H,24-28H2,1-6H3,(H,54,65)(H,55,62)/b23-16+. The molecule has 3 aromatic carbocycles. The quantitative estimate of drug-likeness (QED) is 0.0653. The fourth-order valence-corrected chi connectivity index (χ4v) is 10.8. The van der Waals surface area contributed by atoms with Crippen LogP contribution < -0.4 is 10.6 Å². The van der Waals surface area contributed by atoms with E-state index in [4.69, 9.17) is 23.7 Å². The highest BCUT2D eigenvalue weighted by Crippen LogP contribution is 2.64. The van der Waals surface area contributed by atoms with Crippen molar-refractivity contribution in [3.63, 3.8) is 0 Å². The minimum Gasteiger partial charge on any atom is -0.456 e. The second kappa shape index (κ2) is 20.8. The van der Waals surface area contributed by atoms with E-state index in [0.29, 0.717) is 5.56 Å². The van der Waals surface area contributed by atoms with Crippen molar-refractivity contribution in [1.29, 1.82) is 0 Å². The molecule has 18 heteroatoms. The summed E-state index contributed by atoms with van der Waals surface area (Å²) in [6.07, 6.45) is -10.6. The van der Waals surface area contributed by atoms with Gasteiger partial charge in [0.25, 0.3) is 5.91 Å². The molecule has 0 radical (unpaired) electrons. The molecule has 2 saturated carbocycles. The van der Waals surface area contributed by atoms with Crippen molar-refractivity contribution in [2.75, 3.05) is 19.8 Å². The number of hydrogen-bond acceptors (Lipinski definition) is 16. The molecule has 7 N–H and O–H groups in total. The molecule has 0 aromatic heterocycles. The van der Waals surface area contributed by atoms with Crippen molar-refractivity contribution < 1.29 is 78.0 Å². The smallest absolute Gasteiger partial charge is 0.408 e. The van der Waals surface area contributed by atoms with Gasteiger partial charge in [-0.2, -0.15) is 0 Å². The second-order valence-corrected chi connectivity index (χ2v) is 19.6. The van der Waals surface area contributed by atoms with E-state index >= 15 is 4.79 Å². The number of esters is 3. The highest BCUT2D eigenvalue weighted by Gasteiger charge is 2.78. The van der Waals surface area contributed by atoms with E-state index in [1.165, 1.54) is 52.0 Å². The van der Waals surface area contributed by atoms with Crippen molar-refractivity contribution >= 4 is 35.7 Å². The van der Waals surface area contributed by atoms with Gasteiger partial charge in [-0.25, -0.2) is 14.4 Å². The van der Waals surface area contributed by atoms with Crippen molar-refractivity contribution in [3.8, 4) is 0 Å². The maximum absolute atomic E-state index is 15.9. The summed E-state index contributed by atoms with van der Waals surface area (Å²) in [7, 11) is 0. The number of benzene rings is 3. The summed E-state index contributed by atoms with van der Waals surface area (Å²) in [4.78, 5) is 85.6. The molecule has 3 fully saturated rings. The zero-order valence-corrected chi connectivity index (χ0v) is 40.4. The summed E-state index contributed by atoms with van der Waals surface area (Å²) < 4.78 is 30.7. The first-order chi connectivity index (χ1) is 33.6. The molecule has 2 amide bonds. The summed E-state index contributed by atoms with van der Waals surface area (Å²) in [5.74, 6) is -6.80. The maximum atomic E-state index is 15.9. The Hall–Kier alpha value is -6.28. The number of amides is 2. The number of carbonyl (C=O) groups excluding carboxylic acids is 6. The highest BCUT2D eigenvalue weighted by molar-refractivity contribution is 5.96. The number of rotatable bonds is 15. The first kappa shape index (κ1) is 52.5. The van der Waals surface area contributed by atoms with Gasteiger partial charge in [-0.15, -0.1) is 0 Å². The van der Waals surface area contributed by atoms with Crippen LogP contribution in [-0.4, -0.2) is 135 Å². The summed E-state index contributed by atoms with van der Waals surface area (Å²) in [6, 6.07) is 22.7. The van der Waals surface area contributed by atoms with E-state index in [1.807, 2.05) is 0 Å². The fourth-order valence-electron chi connectivity index (χ4n) is 10.8. The summed E-state index contributed by atoms with van der Waals surface area (Å²) >= 11 is 0. The van der Waals surface area contributed by atoms with E-state index in [2.05, 4.69) is 10.6 Å². The lowest BCUT2D eigenvalue weighted by molar-refractivity contribution is -0.345. The Bertz CT molecular complexity index is 2540. The van der Waals surface area contributed by atoms with Gasteiger partial charge in [-0.05, 0) is 54.8 Å². The molecule has 380 valence electrons. The van der Waals surface area contributed by atoms with E-state index in [9.17, 15) is 49.5 Å². The Kier molecular flexibility index (Phi) is 15.4. The number of nitrogens with one attached hydrogen (secondary N) is 2. The molecule has 3 aromatic rings. The van der Waals surface area contributed by atoms with Crippen LogP contribution in [0.15, 0.2) is 114 Å². The zero-order chi connectivity index (χ0) is 51.6. The zero-order valence-electron chi connectivity index (χ0n) is 40.4. The number of fused-ring (bicyclic) bond motifs is 5. The van der Waals surface area contributed by atoms with Crippen LogP contribution in [-0.2, 0) is 38.1 Å². The lowest BCUT2D eigenvalue weighted by atomic mass is 9.44. The monoisotopic (exact) mass is 982 g/mol. The molecule has 3 aliphatic carbocycles. The Balaban J connectivity index is 1.38. The van der Waals surface area contributed by atoms with Crippen LogP contribution in [0.25, 0.3) is 0 Å². The first-order valence-corrected chi connectivity index (χ1v) is 23.5. The van der Waals surface area contributed by atoms with E-state index in [1.54, 1.807) is 85.8 Å². The first-order valence-electron chi connectivity index (χ1n) is 23.5. The molecule has 71 heavy (non-hydrogen) atoms. The lowest BCUT2D eigenvalue weighted by Crippen LogP contribution is -2.82. The largest absolute Gasteiger partial charge is 0.456 e. The third-order valence-corrected chi connectivity index (χ3v) is 15.0. The van der Waals surface area contributed by atoms with Gasteiger partial charge in [-0.1, -0.05) is 99.7 Å². The summed E-state index contributed by atoms with van der Waals surface area (Å²) in [5, 5.41) is 63.1. The van der Waals surface area contributed by atoms with Gasteiger partial charge in [0.1, 0.15) is 23.9 Å². The minimum atomic E-state index is -2.49. The van der Waals surface area contributed by atoms with Crippen molar-refractivity contribution in [2.45, 2.75) is 114 Å². The van der Waals surface area contributed by atoms with Crippen molar-refractivity contribution in [1.82, 2.24) is 10.6 Å². The highest BCUT2D eigenvalue weighted by atomic mass is 16.6. The van der Waals surface area contributed by atoms with Crippen molar-refractivity contribution in [3.05, 3.63) is 131 Å². The molecule has 1 saturated heterocycles. The molecule has 0 spiro atoms. The Labute approximate surface area is 411 Å². The van der Waals surface area contributed by atoms with Crippen LogP contribution in [0.3, 0.4) is 0 Å². The number of aliphatic hydroxyl groups is 5.